The second kappa shape index (κ2) is 6.60. The summed E-state index contributed by atoms with van der Waals surface area (Å²) >= 11 is 0. The first kappa shape index (κ1) is 15.2. The summed E-state index contributed by atoms with van der Waals surface area (Å²) in [5.41, 5.74) is 4.62. The van der Waals surface area contributed by atoms with E-state index in [9.17, 15) is 0 Å². The van der Waals surface area contributed by atoms with Gasteiger partial charge in [-0.2, -0.15) is 0 Å². The molecule has 22 heavy (non-hydrogen) atoms. The van der Waals surface area contributed by atoms with Crippen molar-refractivity contribution in [2.45, 2.75) is 0 Å². The van der Waals surface area contributed by atoms with Crippen LogP contribution in [0.3, 0.4) is 0 Å². The number of aromatic nitrogens is 1. The molecular weight excluding hydrogens is 343 g/mol. The molecular formula is C20H14NY-. The van der Waals surface area contributed by atoms with Crippen LogP contribution in [0.1, 0.15) is 0 Å². The molecule has 0 N–H and O–H groups in total. The number of rotatable bonds is 2. The predicted molar refractivity (Wildman–Crippen MR) is 87.5 cm³/mol. The van der Waals surface area contributed by atoms with E-state index >= 15 is 0 Å². The molecule has 0 saturated carbocycles. The molecule has 0 aliphatic carbocycles. The zero-order valence-corrected chi connectivity index (χ0v) is 14.9. The summed E-state index contributed by atoms with van der Waals surface area (Å²) in [5, 5.41) is 1.14. The SMILES string of the molecule is [Y].[c-]1c(-c2ccccc2)n(-c2ccccc2)c2ccccc12. The Morgan fingerprint density at radius 1 is 0.636 bits per heavy atom. The van der Waals surface area contributed by atoms with Crippen molar-refractivity contribution in [3.05, 3.63) is 91.0 Å². The summed E-state index contributed by atoms with van der Waals surface area (Å²) in [6.07, 6.45) is 0. The van der Waals surface area contributed by atoms with E-state index in [0.29, 0.717) is 0 Å². The van der Waals surface area contributed by atoms with E-state index in [1.807, 2.05) is 12.1 Å². The van der Waals surface area contributed by atoms with Gasteiger partial charge < -0.3 is 4.57 Å². The number of hydrogen-bond acceptors (Lipinski definition) is 0. The van der Waals surface area contributed by atoms with Crippen LogP contribution in [-0.2, 0) is 32.7 Å². The molecule has 2 heteroatoms. The van der Waals surface area contributed by atoms with Crippen LogP contribution in [0.25, 0.3) is 27.8 Å². The Labute approximate surface area is 155 Å². The van der Waals surface area contributed by atoms with Gasteiger partial charge in [0.15, 0.2) is 0 Å². The summed E-state index contributed by atoms with van der Waals surface area (Å²) < 4.78 is 2.27. The van der Waals surface area contributed by atoms with Crippen molar-refractivity contribution in [1.29, 1.82) is 0 Å². The van der Waals surface area contributed by atoms with Gasteiger partial charge >= 0.3 is 0 Å². The molecule has 0 aliphatic heterocycles. The van der Waals surface area contributed by atoms with Gasteiger partial charge in [0.2, 0.25) is 0 Å². The topological polar surface area (TPSA) is 4.93 Å². The van der Waals surface area contributed by atoms with Gasteiger partial charge in [0.1, 0.15) is 0 Å². The van der Waals surface area contributed by atoms with Crippen molar-refractivity contribution in [2.24, 2.45) is 0 Å². The summed E-state index contributed by atoms with van der Waals surface area (Å²) in [4.78, 5) is 0. The van der Waals surface area contributed by atoms with Crippen LogP contribution in [0, 0.1) is 6.07 Å². The first-order chi connectivity index (χ1) is 10.4. The summed E-state index contributed by atoms with van der Waals surface area (Å²) in [6, 6.07) is 32.8. The first-order valence-electron chi connectivity index (χ1n) is 7.07. The number of para-hydroxylation sites is 2. The van der Waals surface area contributed by atoms with Crippen molar-refractivity contribution >= 4 is 10.9 Å². The number of fused-ring (bicyclic) bond motifs is 1. The van der Waals surface area contributed by atoms with E-state index in [-0.39, 0.29) is 32.7 Å². The molecule has 0 saturated heterocycles. The summed E-state index contributed by atoms with van der Waals surface area (Å²) in [7, 11) is 0. The van der Waals surface area contributed by atoms with E-state index in [0.717, 1.165) is 16.8 Å². The van der Waals surface area contributed by atoms with Gasteiger partial charge in [0.25, 0.3) is 0 Å². The van der Waals surface area contributed by atoms with Crippen molar-refractivity contribution in [3.8, 4) is 16.9 Å². The number of nitrogens with zero attached hydrogens (tertiary/aromatic N) is 1. The van der Waals surface area contributed by atoms with Crippen LogP contribution < -0.4 is 0 Å². The van der Waals surface area contributed by atoms with E-state index < -0.39 is 0 Å². The van der Waals surface area contributed by atoms with Gasteiger partial charge in [-0.15, -0.1) is 23.6 Å². The third-order valence-corrected chi connectivity index (χ3v) is 3.68. The van der Waals surface area contributed by atoms with Crippen molar-refractivity contribution in [2.75, 3.05) is 0 Å². The molecule has 1 radical (unpaired) electrons. The fraction of sp³-hybridized carbons (Fsp3) is 0. The largest absolute Gasteiger partial charge is 0.367 e. The van der Waals surface area contributed by atoms with Gasteiger partial charge in [0.05, 0.1) is 0 Å². The fourth-order valence-corrected chi connectivity index (χ4v) is 2.72. The predicted octanol–water partition coefficient (Wildman–Crippen LogP) is 5.10. The third kappa shape index (κ3) is 2.67. The number of benzene rings is 3. The molecule has 0 bridgehead atoms. The van der Waals surface area contributed by atoms with Crippen molar-refractivity contribution in [3.63, 3.8) is 0 Å². The molecule has 0 atom stereocenters. The molecule has 1 heterocycles. The Balaban J connectivity index is 0.00000144. The molecule has 1 nitrogen and oxygen atoms in total. The van der Waals surface area contributed by atoms with E-state index in [2.05, 4.69) is 83.4 Å². The Bertz CT molecular complexity index is 879. The second-order valence-electron chi connectivity index (χ2n) is 5.03. The van der Waals surface area contributed by atoms with Crippen LogP contribution in [0.15, 0.2) is 84.9 Å². The van der Waals surface area contributed by atoms with E-state index in [1.165, 1.54) is 11.1 Å². The molecule has 0 unspecified atom stereocenters. The minimum atomic E-state index is 0. The second-order valence-corrected chi connectivity index (χ2v) is 5.03. The monoisotopic (exact) mass is 357 g/mol. The molecule has 0 spiro atoms. The molecule has 4 aromatic rings. The average molecular weight is 357 g/mol. The Morgan fingerprint density at radius 2 is 1.23 bits per heavy atom. The van der Waals surface area contributed by atoms with E-state index in [4.69, 9.17) is 0 Å². The smallest absolute Gasteiger partial charge is 0.0359 e. The maximum atomic E-state index is 3.54. The van der Waals surface area contributed by atoms with Crippen LogP contribution >= 0.6 is 0 Å². The van der Waals surface area contributed by atoms with Gasteiger partial charge in [-0.3, -0.25) is 0 Å². The molecule has 3 aromatic carbocycles. The molecule has 1 aromatic heterocycles. The number of hydrogen-bond donors (Lipinski definition) is 0. The fourth-order valence-electron chi connectivity index (χ4n) is 2.72. The van der Waals surface area contributed by atoms with Gasteiger partial charge in [0, 0.05) is 38.4 Å². The molecule has 103 valence electrons. The molecule has 4 rings (SSSR count). The average Bonchev–Trinajstić information content (AvgIpc) is 2.96. The Hall–Kier alpha value is -1.70. The maximum absolute atomic E-state index is 3.54. The zero-order valence-electron chi connectivity index (χ0n) is 12.1. The standard InChI is InChI=1S/C20H14N.Y/c1-3-9-16(10-4-1)20-15-17-11-7-8-14-19(17)21(20)18-12-5-2-6-13-18;/h1-14H;/q-1;. The van der Waals surface area contributed by atoms with Gasteiger partial charge in [-0.05, 0) is 23.3 Å². The Morgan fingerprint density at radius 3 is 1.95 bits per heavy atom. The molecule has 0 amide bonds. The van der Waals surface area contributed by atoms with Crippen LogP contribution in [0.4, 0.5) is 0 Å². The summed E-state index contributed by atoms with van der Waals surface area (Å²) in [5.74, 6) is 0. The normalized spacial score (nSPS) is 10.4. The molecule has 0 aliphatic rings. The maximum Gasteiger partial charge on any atom is 0.0359 e. The quantitative estimate of drug-likeness (QED) is 0.440. The van der Waals surface area contributed by atoms with Gasteiger partial charge in [-0.1, -0.05) is 66.2 Å². The van der Waals surface area contributed by atoms with Gasteiger partial charge in [-0.25, -0.2) is 0 Å². The first-order valence-corrected chi connectivity index (χ1v) is 7.07. The third-order valence-electron chi connectivity index (χ3n) is 3.68. The molecule has 0 fully saturated rings. The van der Waals surface area contributed by atoms with Crippen molar-refractivity contribution < 1.29 is 32.7 Å². The van der Waals surface area contributed by atoms with Crippen molar-refractivity contribution in [1.82, 2.24) is 4.57 Å². The van der Waals surface area contributed by atoms with Crippen LogP contribution in [0.5, 0.6) is 0 Å². The Kier molecular flexibility index (Phi) is 4.56. The summed E-state index contributed by atoms with van der Waals surface area (Å²) in [6.45, 7) is 0. The minimum Gasteiger partial charge on any atom is -0.367 e. The minimum absolute atomic E-state index is 0. The van der Waals surface area contributed by atoms with Crippen LogP contribution in [-0.4, -0.2) is 4.57 Å². The van der Waals surface area contributed by atoms with E-state index in [1.54, 1.807) is 0 Å². The van der Waals surface area contributed by atoms with Crippen LogP contribution in [0.2, 0.25) is 0 Å². The zero-order chi connectivity index (χ0) is 14.1.